The molecule has 1 spiro atoms. The van der Waals surface area contributed by atoms with Crippen LogP contribution in [0.4, 0.5) is 0 Å². The summed E-state index contributed by atoms with van der Waals surface area (Å²) in [5, 5.41) is 7.43. The lowest BCUT2D eigenvalue weighted by Crippen LogP contribution is -2.59. The Morgan fingerprint density at radius 1 is 1.00 bits per heavy atom. The van der Waals surface area contributed by atoms with Gasteiger partial charge in [-0.2, -0.15) is 5.10 Å². The van der Waals surface area contributed by atoms with Gasteiger partial charge in [0.1, 0.15) is 5.75 Å². The fraction of sp³-hybridized carbons (Fsp3) is 0.308. The highest BCUT2D eigenvalue weighted by molar-refractivity contribution is 9.10. The Morgan fingerprint density at radius 3 is 2.56 bits per heavy atom. The van der Waals surface area contributed by atoms with Crippen LogP contribution in [0.1, 0.15) is 42.0 Å². The van der Waals surface area contributed by atoms with E-state index in [1.807, 2.05) is 12.4 Å². The molecule has 3 aromatic rings. The number of piperidine rings is 1. The van der Waals surface area contributed by atoms with Crippen molar-refractivity contribution in [2.24, 2.45) is 5.10 Å². The lowest BCUT2D eigenvalue weighted by molar-refractivity contribution is -0.150. The zero-order chi connectivity index (χ0) is 21.5. The van der Waals surface area contributed by atoms with Crippen LogP contribution in [-0.2, 0) is 6.54 Å². The number of likely N-dealkylation sites (tertiary alicyclic amines) is 1. The SMILES string of the molecule is Brc1ccc2c(c1)C1CC(c3ccncc3)=NN1C1(CCN(Cc3ccccc3)CC1)O2. The molecule has 1 saturated heterocycles. The summed E-state index contributed by atoms with van der Waals surface area (Å²) in [7, 11) is 0. The maximum Gasteiger partial charge on any atom is 0.200 e. The Bertz CT molecular complexity index is 1140. The number of rotatable bonds is 3. The summed E-state index contributed by atoms with van der Waals surface area (Å²) in [6, 6.07) is 21.4. The average molecular weight is 489 g/mol. The van der Waals surface area contributed by atoms with Crippen LogP contribution in [0.25, 0.3) is 0 Å². The van der Waals surface area contributed by atoms with Gasteiger partial charge >= 0.3 is 0 Å². The molecule has 1 aromatic heterocycles. The molecule has 1 atom stereocenters. The van der Waals surface area contributed by atoms with E-state index in [2.05, 4.69) is 91.5 Å². The number of nitrogens with zero attached hydrogens (tertiary/aromatic N) is 4. The predicted octanol–water partition coefficient (Wildman–Crippen LogP) is 5.38. The Labute approximate surface area is 196 Å². The van der Waals surface area contributed by atoms with Crippen LogP contribution in [0.15, 0.2) is 82.6 Å². The lowest BCUT2D eigenvalue weighted by atomic mass is 9.90. The monoisotopic (exact) mass is 488 g/mol. The molecule has 4 heterocycles. The topological polar surface area (TPSA) is 41.0 Å². The van der Waals surface area contributed by atoms with E-state index in [1.165, 1.54) is 11.1 Å². The van der Waals surface area contributed by atoms with Crippen LogP contribution in [0.5, 0.6) is 5.75 Å². The van der Waals surface area contributed by atoms with Gasteiger partial charge < -0.3 is 4.74 Å². The summed E-state index contributed by atoms with van der Waals surface area (Å²) in [6.07, 6.45) is 6.42. The third kappa shape index (κ3) is 3.51. The van der Waals surface area contributed by atoms with Crippen LogP contribution in [0, 0.1) is 0 Å². The molecular weight excluding hydrogens is 464 g/mol. The Hall–Kier alpha value is -2.70. The van der Waals surface area contributed by atoms with Crippen molar-refractivity contribution >= 4 is 21.6 Å². The molecule has 6 heteroatoms. The van der Waals surface area contributed by atoms with E-state index >= 15 is 0 Å². The summed E-state index contributed by atoms with van der Waals surface area (Å²) in [6.45, 7) is 2.96. The molecule has 5 nitrogen and oxygen atoms in total. The van der Waals surface area contributed by atoms with Crippen molar-refractivity contribution in [3.05, 3.63) is 94.2 Å². The van der Waals surface area contributed by atoms with E-state index in [0.717, 1.165) is 60.4 Å². The second kappa shape index (κ2) is 8.01. The molecule has 2 aromatic carbocycles. The smallest absolute Gasteiger partial charge is 0.200 e. The summed E-state index contributed by atoms with van der Waals surface area (Å²) in [4.78, 5) is 6.70. The van der Waals surface area contributed by atoms with Gasteiger partial charge in [-0.15, -0.1) is 0 Å². The van der Waals surface area contributed by atoms with Crippen molar-refractivity contribution in [2.75, 3.05) is 13.1 Å². The summed E-state index contributed by atoms with van der Waals surface area (Å²) in [5.41, 5.74) is 4.43. The number of hydrogen-bond acceptors (Lipinski definition) is 5. The minimum Gasteiger partial charge on any atom is -0.466 e. The molecule has 1 fully saturated rings. The minimum atomic E-state index is -0.395. The molecule has 0 radical (unpaired) electrons. The van der Waals surface area contributed by atoms with Crippen molar-refractivity contribution in [3.8, 4) is 5.75 Å². The van der Waals surface area contributed by atoms with Gasteiger partial charge in [0.2, 0.25) is 5.72 Å². The molecule has 0 saturated carbocycles. The summed E-state index contributed by atoms with van der Waals surface area (Å²) >= 11 is 3.65. The number of halogens is 1. The highest BCUT2D eigenvalue weighted by atomic mass is 79.9. The van der Waals surface area contributed by atoms with Crippen molar-refractivity contribution in [1.82, 2.24) is 14.9 Å². The number of benzene rings is 2. The van der Waals surface area contributed by atoms with Gasteiger partial charge in [0, 0.05) is 66.9 Å². The first-order valence-corrected chi connectivity index (χ1v) is 12.0. The molecule has 0 aliphatic carbocycles. The molecule has 32 heavy (non-hydrogen) atoms. The average Bonchev–Trinajstić information content (AvgIpc) is 3.30. The van der Waals surface area contributed by atoms with Crippen molar-refractivity contribution in [1.29, 1.82) is 0 Å². The fourth-order valence-electron chi connectivity index (χ4n) is 5.20. The molecule has 0 bridgehead atoms. The van der Waals surface area contributed by atoms with E-state index in [9.17, 15) is 0 Å². The maximum absolute atomic E-state index is 6.77. The van der Waals surface area contributed by atoms with E-state index in [-0.39, 0.29) is 6.04 Å². The van der Waals surface area contributed by atoms with E-state index in [1.54, 1.807) is 0 Å². The highest BCUT2D eigenvalue weighted by Gasteiger charge is 2.51. The van der Waals surface area contributed by atoms with Crippen molar-refractivity contribution in [3.63, 3.8) is 0 Å². The second-order valence-electron chi connectivity index (χ2n) is 8.84. The third-order valence-corrected chi connectivity index (χ3v) is 7.35. The molecule has 162 valence electrons. The molecule has 1 unspecified atom stereocenters. The second-order valence-corrected chi connectivity index (χ2v) is 9.75. The van der Waals surface area contributed by atoms with Gasteiger partial charge in [-0.1, -0.05) is 46.3 Å². The molecule has 6 rings (SSSR count). The van der Waals surface area contributed by atoms with Gasteiger partial charge in [-0.3, -0.25) is 9.88 Å². The van der Waals surface area contributed by atoms with Crippen LogP contribution < -0.4 is 4.74 Å². The summed E-state index contributed by atoms with van der Waals surface area (Å²) in [5.74, 6) is 0.997. The Balaban J connectivity index is 1.31. The first-order chi connectivity index (χ1) is 15.7. The van der Waals surface area contributed by atoms with E-state index < -0.39 is 5.72 Å². The molecule has 3 aliphatic rings. The minimum absolute atomic E-state index is 0.195. The van der Waals surface area contributed by atoms with Gasteiger partial charge in [0.25, 0.3) is 0 Å². The maximum atomic E-state index is 6.77. The molecule has 3 aliphatic heterocycles. The van der Waals surface area contributed by atoms with Gasteiger partial charge in [0.15, 0.2) is 0 Å². The molecule has 0 N–H and O–H groups in total. The zero-order valence-electron chi connectivity index (χ0n) is 17.8. The standard InChI is InChI=1S/C26H25BrN4O/c27-21-6-7-25-22(16-21)24-17-23(20-8-12-28-13-9-20)29-31(24)26(32-25)10-14-30(15-11-26)18-19-4-2-1-3-5-19/h1-9,12-13,16,24H,10-11,14-15,17-18H2. The number of ether oxygens (including phenoxy) is 1. The van der Waals surface area contributed by atoms with Crippen molar-refractivity contribution in [2.45, 2.75) is 37.6 Å². The number of hydrogen-bond donors (Lipinski definition) is 0. The quantitative estimate of drug-likeness (QED) is 0.496. The Morgan fingerprint density at radius 2 is 1.78 bits per heavy atom. The van der Waals surface area contributed by atoms with Crippen LogP contribution >= 0.6 is 15.9 Å². The third-order valence-electron chi connectivity index (χ3n) is 6.86. The lowest BCUT2D eigenvalue weighted by Gasteiger charge is -2.51. The van der Waals surface area contributed by atoms with E-state index in [4.69, 9.17) is 9.84 Å². The number of aromatic nitrogens is 1. The van der Waals surface area contributed by atoms with Crippen LogP contribution in [0.3, 0.4) is 0 Å². The van der Waals surface area contributed by atoms with Crippen LogP contribution in [-0.4, -0.2) is 39.4 Å². The summed E-state index contributed by atoms with van der Waals surface area (Å²) < 4.78 is 7.85. The predicted molar refractivity (Wildman–Crippen MR) is 128 cm³/mol. The molecule has 0 amide bonds. The van der Waals surface area contributed by atoms with Gasteiger partial charge in [-0.05, 0) is 35.9 Å². The Kier molecular flexibility index (Phi) is 5.00. The molecular formula is C26H25BrN4O. The highest BCUT2D eigenvalue weighted by Crippen LogP contribution is 2.50. The van der Waals surface area contributed by atoms with Crippen molar-refractivity contribution < 1.29 is 4.74 Å². The number of fused-ring (bicyclic) bond motifs is 4. The number of hydrazone groups is 1. The van der Waals surface area contributed by atoms with Gasteiger partial charge in [0.05, 0.1) is 11.8 Å². The van der Waals surface area contributed by atoms with E-state index in [0.29, 0.717) is 0 Å². The first kappa shape index (κ1) is 19.9. The normalized spacial score (nSPS) is 21.6. The zero-order valence-corrected chi connectivity index (χ0v) is 19.4. The van der Waals surface area contributed by atoms with Crippen LogP contribution in [0.2, 0.25) is 0 Å². The van der Waals surface area contributed by atoms with Gasteiger partial charge in [-0.25, -0.2) is 5.01 Å². The fourth-order valence-corrected chi connectivity index (χ4v) is 5.58. The first-order valence-electron chi connectivity index (χ1n) is 11.2. The largest absolute Gasteiger partial charge is 0.466 e. The number of pyridine rings is 1.